The molecule has 0 bridgehead atoms. The van der Waals surface area contributed by atoms with Crippen LogP contribution in [0.2, 0.25) is 5.02 Å². The van der Waals surface area contributed by atoms with E-state index >= 15 is 0 Å². The summed E-state index contributed by atoms with van der Waals surface area (Å²) in [4.78, 5) is 23.9. The quantitative estimate of drug-likeness (QED) is 0.580. The van der Waals surface area contributed by atoms with Crippen LogP contribution < -0.4 is 5.32 Å². The van der Waals surface area contributed by atoms with Crippen LogP contribution in [0.25, 0.3) is 12.2 Å². The topological polar surface area (TPSA) is 66.4 Å². The summed E-state index contributed by atoms with van der Waals surface area (Å²) in [7, 11) is 0. The summed E-state index contributed by atoms with van der Waals surface area (Å²) in [6.45, 7) is 0. The number of aromatic carboxylic acids is 1. The van der Waals surface area contributed by atoms with E-state index in [-0.39, 0.29) is 11.3 Å². The molecule has 4 nitrogen and oxygen atoms in total. The molecule has 0 aliphatic rings. The van der Waals surface area contributed by atoms with E-state index in [9.17, 15) is 14.7 Å². The molecule has 3 rings (SSSR count). The standard InChI is InChI=1S/C22H16ClNO3/c23-18-8-4-7-17(14-18)21(25)24-20-13-16(11-12-19(20)22(26)27)10-9-15-5-2-1-3-6-15/h1-14H,(H,24,25)(H,26,27). The first-order valence-electron chi connectivity index (χ1n) is 8.20. The molecule has 0 aliphatic heterocycles. The van der Waals surface area contributed by atoms with Crippen LogP contribution >= 0.6 is 11.6 Å². The van der Waals surface area contributed by atoms with Crippen LogP contribution in [0.15, 0.2) is 72.8 Å². The average molecular weight is 378 g/mol. The van der Waals surface area contributed by atoms with E-state index < -0.39 is 11.9 Å². The lowest BCUT2D eigenvalue weighted by Gasteiger charge is -2.10. The molecule has 134 valence electrons. The van der Waals surface area contributed by atoms with Gasteiger partial charge in [-0.3, -0.25) is 4.79 Å². The second kappa shape index (κ2) is 8.34. The van der Waals surface area contributed by atoms with E-state index in [1.165, 1.54) is 12.1 Å². The number of halogens is 1. The fourth-order valence-corrected chi connectivity index (χ4v) is 2.73. The molecule has 27 heavy (non-hydrogen) atoms. The van der Waals surface area contributed by atoms with E-state index in [0.29, 0.717) is 10.6 Å². The highest BCUT2D eigenvalue weighted by Gasteiger charge is 2.14. The van der Waals surface area contributed by atoms with Crippen molar-refractivity contribution in [2.45, 2.75) is 0 Å². The smallest absolute Gasteiger partial charge is 0.337 e. The number of amides is 1. The first-order valence-corrected chi connectivity index (χ1v) is 8.58. The molecule has 5 heteroatoms. The summed E-state index contributed by atoms with van der Waals surface area (Å²) in [5.74, 6) is -1.54. The minimum atomic E-state index is -1.12. The van der Waals surface area contributed by atoms with Gasteiger partial charge in [-0.25, -0.2) is 4.79 Å². The zero-order valence-electron chi connectivity index (χ0n) is 14.2. The van der Waals surface area contributed by atoms with E-state index in [1.54, 1.807) is 30.3 Å². The Balaban J connectivity index is 1.89. The Morgan fingerprint density at radius 2 is 1.59 bits per heavy atom. The lowest BCUT2D eigenvalue weighted by molar-refractivity contribution is 0.0698. The Kier molecular flexibility index (Phi) is 5.69. The number of rotatable bonds is 5. The lowest BCUT2D eigenvalue weighted by Crippen LogP contribution is -2.15. The molecule has 3 aromatic rings. The molecule has 0 spiro atoms. The number of carboxylic acid groups (broad SMARTS) is 1. The molecule has 0 heterocycles. The van der Waals surface area contributed by atoms with Crippen LogP contribution in [0, 0.1) is 0 Å². The summed E-state index contributed by atoms with van der Waals surface area (Å²) in [5.41, 5.74) is 2.38. The molecule has 0 aliphatic carbocycles. The maximum absolute atomic E-state index is 12.5. The van der Waals surface area contributed by atoms with Gasteiger partial charge in [-0.2, -0.15) is 0 Å². The largest absolute Gasteiger partial charge is 0.478 e. The zero-order chi connectivity index (χ0) is 19.2. The predicted octanol–water partition coefficient (Wildman–Crippen LogP) is 5.46. The Labute approximate surface area is 161 Å². The van der Waals surface area contributed by atoms with E-state index in [1.807, 2.05) is 42.5 Å². The SMILES string of the molecule is O=C(Nc1cc(C=Cc2ccccc2)ccc1C(=O)O)c1cccc(Cl)c1. The average Bonchev–Trinajstić information content (AvgIpc) is 2.67. The Morgan fingerprint density at radius 1 is 0.852 bits per heavy atom. The Hall–Kier alpha value is -3.37. The van der Waals surface area contributed by atoms with E-state index in [0.717, 1.165) is 11.1 Å². The third-order valence-corrected chi connectivity index (χ3v) is 4.11. The van der Waals surface area contributed by atoms with Gasteiger partial charge in [0.05, 0.1) is 11.3 Å². The molecule has 2 N–H and O–H groups in total. The number of nitrogens with one attached hydrogen (secondary N) is 1. The fraction of sp³-hybridized carbons (Fsp3) is 0. The maximum Gasteiger partial charge on any atom is 0.337 e. The van der Waals surface area contributed by atoms with Crippen molar-refractivity contribution >= 4 is 41.3 Å². The number of carboxylic acids is 1. The third kappa shape index (κ3) is 4.84. The van der Waals surface area contributed by atoms with Gasteiger partial charge in [0, 0.05) is 10.6 Å². The zero-order valence-corrected chi connectivity index (χ0v) is 15.0. The van der Waals surface area contributed by atoms with Crippen molar-refractivity contribution in [3.05, 3.63) is 100 Å². The van der Waals surface area contributed by atoms with Crippen LogP contribution in [0.3, 0.4) is 0 Å². The van der Waals surface area contributed by atoms with Crippen molar-refractivity contribution < 1.29 is 14.7 Å². The minimum Gasteiger partial charge on any atom is -0.478 e. The van der Waals surface area contributed by atoms with E-state index in [2.05, 4.69) is 5.32 Å². The second-order valence-electron chi connectivity index (χ2n) is 5.82. The van der Waals surface area contributed by atoms with Gasteiger partial charge in [0.15, 0.2) is 0 Å². The summed E-state index contributed by atoms with van der Waals surface area (Å²) in [6, 6.07) is 21.0. The number of anilines is 1. The first kappa shape index (κ1) is 18.4. The molecule has 0 saturated heterocycles. The summed E-state index contributed by atoms with van der Waals surface area (Å²) in [5, 5.41) is 12.5. The van der Waals surface area contributed by atoms with Gasteiger partial charge >= 0.3 is 5.97 Å². The van der Waals surface area contributed by atoms with Crippen LogP contribution in [0.4, 0.5) is 5.69 Å². The maximum atomic E-state index is 12.5. The molecule has 3 aromatic carbocycles. The fourth-order valence-electron chi connectivity index (χ4n) is 2.54. The number of benzene rings is 3. The molecule has 0 aromatic heterocycles. The molecular formula is C22H16ClNO3. The first-order chi connectivity index (χ1) is 13.0. The normalized spacial score (nSPS) is 10.7. The summed E-state index contributed by atoms with van der Waals surface area (Å²) in [6.07, 6.45) is 3.77. The van der Waals surface area contributed by atoms with Crippen LogP contribution in [-0.4, -0.2) is 17.0 Å². The van der Waals surface area contributed by atoms with Crippen molar-refractivity contribution in [1.82, 2.24) is 0 Å². The Bertz CT molecular complexity index is 1010. The van der Waals surface area contributed by atoms with Crippen molar-refractivity contribution in [3.63, 3.8) is 0 Å². The van der Waals surface area contributed by atoms with Gasteiger partial charge in [0.1, 0.15) is 0 Å². The van der Waals surface area contributed by atoms with Crippen LogP contribution in [-0.2, 0) is 0 Å². The molecule has 0 saturated carbocycles. The lowest BCUT2D eigenvalue weighted by atomic mass is 10.1. The van der Waals surface area contributed by atoms with Crippen molar-refractivity contribution in [2.24, 2.45) is 0 Å². The van der Waals surface area contributed by atoms with Crippen molar-refractivity contribution in [2.75, 3.05) is 5.32 Å². The molecule has 0 radical (unpaired) electrons. The second-order valence-corrected chi connectivity index (χ2v) is 6.26. The molecule has 1 amide bonds. The molecule has 0 fully saturated rings. The minimum absolute atomic E-state index is 0.0160. The van der Waals surface area contributed by atoms with Crippen LogP contribution in [0.1, 0.15) is 31.8 Å². The number of hydrogen-bond donors (Lipinski definition) is 2. The highest BCUT2D eigenvalue weighted by atomic mass is 35.5. The Morgan fingerprint density at radius 3 is 2.30 bits per heavy atom. The third-order valence-electron chi connectivity index (χ3n) is 3.88. The van der Waals surface area contributed by atoms with Gasteiger partial charge in [-0.15, -0.1) is 0 Å². The highest BCUT2D eigenvalue weighted by Crippen LogP contribution is 2.21. The predicted molar refractivity (Wildman–Crippen MR) is 108 cm³/mol. The van der Waals surface area contributed by atoms with Gasteiger partial charge in [0.2, 0.25) is 0 Å². The van der Waals surface area contributed by atoms with Crippen LogP contribution in [0.5, 0.6) is 0 Å². The highest BCUT2D eigenvalue weighted by molar-refractivity contribution is 6.31. The van der Waals surface area contributed by atoms with Crippen molar-refractivity contribution in [1.29, 1.82) is 0 Å². The van der Waals surface area contributed by atoms with Gasteiger partial charge < -0.3 is 10.4 Å². The number of carbonyl (C=O) groups is 2. The molecular weight excluding hydrogens is 362 g/mol. The molecule has 0 atom stereocenters. The molecule has 0 unspecified atom stereocenters. The number of carbonyl (C=O) groups excluding carboxylic acids is 1. The monoisotopic (exact) mass is 377 g/mol. The summed E-state index contributed by atoms with van der Waals surface area (Å²) < 4.78 is 0. The van der Waals surface area contributed by atoms with Gasteiger partial charge in [-0.1, -0.05) is 66.2 Å². The van der Waals surface area contributed by atoms with Gasteiger partial charge in [0.25, 0.3) is 5.91 Å². The number of hydrogen-bond acceptors (Lipinski definition) is 2. The summed E-state index contributed by atoms with van der Waals surface area (Å²) >= 11 is 5.92. The van der Waals surface area contributed by atoms with Crippen molar-refractivity contribution in [3.8, 4) is 0 Å². The van der Waals surface area contributed by atoms with E-state index in [4.69, 9.17) is 11.6 Å². The van der Waals surface area contributed by atoms with Gasteiger partial charge in [-0.05, 0) is 41.5 Å².